The molecular formula is C16H24N2O3. The van der Waals surface area contributed by atoms with Crippen molar-refractivity contribution in [3.8, 4) is 0 Å². The Morgan fingerprint density at radius 1 is 1.29 bits per heavy atom. The smallest absolute Gasteiger partial charge is 0.226 e. The lowest BCUT2D eigenvalue weighted by Crippen LogP contribution is -2.52. The predicted octanol–water partition coefficient (Wildman–Crippen LogP) is 0.367. The maximum absolute atomic E-state index is 12.6. The number of ether oxygens (including phenoxy) is 2. The van der Waals surface area contributed by atoms with Gasteiger partial charge in [0.05, 0.1) is 25.9 Å². The third-order valence-electron chi connectivity index (χ3n) is 5.58. The zero-order chi connectivity index (χ0) is 14.4. The highest BCUT2D eigenvalue weighted by Gasteiger charge is 2.59. The molecular weight excluding hydrogens is 268 g/mol. The number of nitrogens with zero attached hydrogens (tertiary/aromatic N) is 2. The number of fused-ring (bicyclic) bond motifs is 2. The van der Waals surface area contributed by atoms with E-state index in [1.807, 2.05) is 0 Å². The molecule has 0 aromatic carbocycles. The molecule has 0 bridgehead atoms. The number of hydrogen-bond acceptors (Lipinski definition) is 4. The molecule has 5 atom stereocenters. The van der Waals surface area contributed by atoms with Gasteiger partial charge in [-0.2, -0.15) is 0 Å². The number of rotatable bonds is 4. The molecule has 0 aromatic heterocycles. The van der Waals surface area contributed by atoms with E-state index in [-0.39, 0.29) is 5.92 Å². The summed E-state index contributed by atoms with van der Waals surface area (Å²) >= 11 is 0. The average Bonchev–Trinajstić information content (AvgIpc) is 2.88. The van der Waals surface area contributed by atoms with Gasteiger partial charge in [0.2, 0.25) is 5.91 Å². The first-order valence-electron chi connectivity index (χ1n) is 8.11. The van der Waals surface area contributed by atoms with E-state index in [2.05, 4.69) is 16.4 Å². The van der Waals surface area contributed by atoms with Crippen LogP contribution in [0.4, 0.5) is 0 Å². The Morgan fingerprint density at radius 3 is 2.86 bits per heavy atom. The lowest BCUT2D eigenvalue weighted by Gasteiger charge is -2.37. The summed E-state index contributed by atoms with van der Waals surface area (Å²) in [4.78, 5) is 17.2. The van der Waals surface area contributed by atoms with E-state index in [0.29, 0.717) is 36.5 Å². The van der Waals surface area contributed by atoms with Crippen molar-refractivity contribution in [2.45, 2.75) is 18.6 Å². The van der Waals surface area contributed by atoms with Crippen molar-refractivity contribution in [1.29, 1.82) is 0 Å². The Bertz CT molecular complexity index is 431. The molecule has 0 spiro atoms. The van der Waals surface area contributed by atoms with Gasteiger partial charge in [-0.1, -0.05) is 6.08 Å². The van der Waals surface area contributed by atoms with E-state index in [4.69, 9.17) is 9.47 Å². The van der Waals surface area contributed by atoms with Crippen molar-refractivity contribution < 1.29 is 14.3 Å². The summed E-state index contributed by atoms with van der Waals surface area (Å²) in [6.07, 6.45) is 3.15. The monoisotopic (exact) mass is 292 g/mol. The fourth-order valence-electron chi connectivity index (χ4n) is 4.34. The molecule has 3 saturated heterocycles. The number of carbonyl (C=O) groups excluding carboxylic acids is 1. The van der Waals surface area contributed by atoms with Gasteiger partial charge in [-0.05, 0) is 18.3 Å². The minimum absolute atomic E-state index is 0.263. The summed E-state index contributed by atoms with van der Waals surface area (Å²) in [7, 11) is 0. The molecule has 3 aliphatic heterocycles. The minimum atomic E-state index is 0.263. The molecule has 4 fully saturated rings. The van der Waals surface area contributed by atoms with Crippen molar-refractivity contribution >= 4 is 5.91 Å². The molecule has 0 radical (unpaired) electrons. The first kappa shape index (κ1) is 13.7. The van der Waals surface area contributed by atoms with E-state index >= 15 is 0 Å². The van der Waals surface area contributed by atoms with Crippen LogP contribution < -0.4 is 0 Å². The summed E-state index contributed by atoms with van der Waals surface area (Å²) in [5.74, 6) is 1.67. The summed E-state index contributed by atoms with van der Waals surface area (Å²) in [5.41, 5.74) is 0. The Morgan fingerprint density at radius 2 is 2.10 bits per heavy atom. The SMILES string of the molecule is C=CCOC1CC2CN(C(=O)C3[C@H]4COC[C@@H]34)CCN2C1. The Balaban J connectivity index is 1.32. The zero-order valence-electron chi connectivity index (χ0n) is 12.4. The van der Waals surface area contributed by atoms with Gasteiger partial charge in [0, 0.05) is 38.1 Å². The lowest BCUT2D eigenvalue weighted by atomic mass is 10.1. The number of hydrogen-bond donors (Lipinski definition) is 0. The molecule has 1 aliphatic carbocycles. The van der Waals surface area contributed by atoms with Crippen molar-refractivity contribution in [1.82, 2.24) is 9.80 Å². The lowest BCUT2D eigenvalue weighted by molar-refractivity contribution is -0.136. The van der Waals surface area contributed by atoms with Crippen LogP contribution >= 0.6 is 0 Å². The minimum Gasteiger partial charge on any atom is -0.381 e. The third-order valence-corrected chi connectivity index (χ3v) is 5.58. The van der Waals surface area contributed by atoms with E-state index in [1.165, 1.54) is 0 Å². The molecule has 4 rings (SSSR count). The highest BCUT2D eigenvalue weighted by molar-refractivity contribution is 5.82. The van der Waals surface area contributed by atoms with Gasteiger partial charge in [0.15, 0.2) is 0 Å². The summed E-state index contributed by atoms with van der Waals surface area (Å²) < 4.78 is 11.2. The number of carbonyl (C=O) groups is 1. The zero-order valence-corrected chi connectivity index (χ0v) is 12.4. The second-order valence-electron chi connectivity index (χ2n) is 6.80. The Hall–Kier alpha value is -0.910. The highest BCUT2D eigenvalue weighted by atomic mass is 16.5. The molecule has 0 aromatic rings. The standard InChI is InChI=1S/C16H24N2O3/c1-2-5-21-12-6-11-7-18(4-3-17(11)8-12)16(19)15-13-9-20-10-14(13)15/h2,11-15H,1,3-10H2/t11?,12?,13-,14+,15?. The molecule has 21 heavy (non-hydrogen) atoms. The molecule has 1 saturated carbocycles. The van der Waals surface area contributed by atoms with Gasteiger partial charge < -0.3 is 14.4 Å². The van der Waals surface area contributed by atoms with Gasteiger partial charge in [0.1, 0.15) is 0 Å². The Kier molecular flexibility index (Phi) is 3.52. The molecule has 4 aliphatic rings. The molecule has 0 N–H and O–H groups in total. The van der Waals surface area contributed by atoms with Crippen molar-refractivity contribution in [2.75, 3.05) is 46.0 Å². The van der Waals surface area contributed by atoms with Crippen LogP contribution in [0.5, 0.6) is 0 Å². The van der Waals surface area contributed by atoms with Crippen LogP contribution in [0.3, 0.4) is 0 Å². The fourth-order valence-corrected chi connectivity index (χ4v) is 4.34. The maximum atomic E-state index is 12.6. The molecule has 1 amide bonds. The van der Waals surface area contributed by atoms with E-state index < -0.39 is 0 Å². The van der Waals surface area contributed by atoms with Gasteiger partial charge in [0.25, 0.3) is 0 Å². The number of amides is 1. The average molecular weight is 292 g/mol. The molecule has 116 valence electrons. The summed E-state index contributed by atoms with van der Waals surface area (Å²) in [6, 6.07) is 0.479. The van der Waals surface area contributed by atoms with Crippen molar-refractivity contribution in [3.63, 3.8) is 0 Å². The van der Waals surface area contributed by atoms with E-state index in [0.717, 1.165) is 45.8 Å². The van der Waals surface area contributed by atoms with Crippen LogP contribution in [0.2, 0.25) is 0 Å². The summed E-state index contributed by atoms with van der Waals surface area (Å²) in [5, 5.41) is 0. The van der Waals surface area contributed by atoms with Crippen LogP contribution in [0.25, 0.3) is 0 Å². The second kappa shape index (κ2) is 5.38. The first-order chi connectivity index (χ1) is 10.3. The molecule has 5 heteroatoms. The van der Waals surface area contributed by atoms with Gasteiger partial charge >= 0.3 is 0 Å². The van der Waals surface area contributed by atoms with Crippen molar-refractivity contribution in [3.05, 3.63) is 12.7 Å². The van der Waals surface area contributed by atoms with E-state index in [1.54, 1.807) is 6.08 Å². The molecule has 3 heterocycles. The van der Waals surface area contributed by atoms with Crippen LogP contribution in [-0.2, 0) is 14.3 Å². The molecule has 3 unspecified atom stereocenters. The van der Waals surface area contributed by atoms with E-state index in [9.17, 15) is 4.79 Å². The molecule has 5 nitrogen and oxygen atoms in total. The quantitative estimate of drug-likeness (QED) is 0.702. The third kappa shape index (κ3) is 2.41. The highest BCUT2D eigenvalue weighted by Crippen LogP contribution is 2.51. The van der Waals surface area contributed by atoms with Gasteiger partial charge in [-0.3, -0.25) is 9.69 Å². The first-order valence-corrected chi connectivity index (χ1v) is 8.11. The topological polar surface area (TPSA) is 42.0 Å². The number of piperazine rings is 1. The normalized spacial score (nSPS) is 41.7. The van der Waals surface area contributed by atoms with Gasteiger partial charge in [-0.15, -0.1) is 6.58 Å². The maximum Gasteiger partial charge on any atom is 0.226 e. The van der Waals surface area contributed by atoms with Crippen LogP contribution in [0, 0.1) is 17.8 Å². The fraction of sp³-hybridized carbons (Fsp3) is 0.812. The van der Waals surface area contributed by atoms with Crippen LogP contribution in [-0.4, -0.2) is 73.9 Å². The van der Waals surface area contributed by atoms with Gasteiger partial charge in [-0.25, -0.2) is 0 Å². The summed E-state index contributed by atoms with van der Waals surface area (Å²) in [6.45, 7) is 9.66. The van der Waals surface area contributed by atoms with Crippen molar-refractivity contribution in [2.24, 2.45) is 17.8 Å². The Labute approximate surface area is 125 Å². The second-order valence-corrected chi connectivity index (χ2v) is 6.80. The predicted molar refractivity (Wildman–Crippen MR) is 77.8 cm³/mol. The largest absolute Gasteiger partial charge is 0.381 e. The van der Waals surface area contributed by atoms with Crippen LogP contribution in [0.1, 0.15) is 6.42 Å². The van der Waals surface area contributed by atoms with Crippen LogP contribution in [0.15, 0.2) is 12.7 Å².